The van der Waals surface area contributed by atoms with Crippen molar-refractivity contribution in [3.05, 3.63) is 0 Å². The Morgan fingerprint density at radius 2 is 0.895 bits per heavy atom. The van der Waals surface area contributed by atoms with Crippen LogP contribution in [-0.4, -0.2) is 30.6 Å². The Hall–Kier alpha value is -0.360. The average Bonchev–Trinajstić information content (AvgIpc) is 2.24. The number of carbonyl (C=O) groups excluding carboxylic acids is 2. The Kier molecular flexibility index (Phi) is 7.89. The summed E-state index contributed by atoms with van der Waals surface area (Å²) in [7, 11) is -9.24. The van der Waals surface area contributed by atoms with Gasteiger partial charge in [0.2, 0.25) is 11.0 Å². The lowest BCUT2D eigenvalue weighted by Crippen LogP contribution is -1.99. The van der Waals surface area contributed by atoms with E-state index in [1.54, 1.807) is 0 Å². The molecule has 0 spiro atoms. The Balaban J connectivity index is 3.58. The van der Waals surface area contributed by atoms with Crippen LogP contribution in [0.1, 0.15) is 44.9 Å². The van der Waals surface area contributed by atoms with Gasteiger partial charge in [0.05, 0.1) is 0 Å². The van der Waals surface area contributed by atoms with Gasteiger partial charge in [-0.1, -0.05) is 19.3 Å². The number of rotatable bonds is 10. The van der Waals surface area contributed by atoms with E-state index in [0.29, 0.717) is 32.1 Å². The predicted octanol–water partition coefficient (Wildman–Crippen LogP) is 1.13. The first-order chi connectivity index (χ1) is 8.55. The quantitative estimate of drug-likeness (QED) is 0.346. The third-order valence-electron chi connectivity index (χ3n) is 2.43. The van der Waals surface area contributed by atoms with Crippen LogP contribution >= 0.6 is 15.2 Å². The lowest BCUT2D eigenvalue weighted by molar-refractivity contribution is -0.114. The molecule has 0 aliphatic heterocycles. The summed E-state index contributed by atoms with van der Waals surface area (Å²) in [5, 5.41) is 0. The average molecular weight is 316 g/mol. The molecule has 0 aromatic carbocycles. The molecule has 10 heteroatoms. The van der Waals surface area contributed by atoms with E-state index in [9.17, 15) is 18.7 Å². The van der Waals surface area contributed by atoms with Crippen molar-refractivity contribution < 1.29 is 38.3 Å². The number of hydrogen-bond acceptors (Lipinski definition) is 4. The molecule has 0 fully saturated rings. The lowest BCUT2D eigenvalue weighted by atomic mass is 10.1. The molecular weight excluding hydrogens is 298 g/mol. The van der Waals surface area contributed by atoms with Crippen molar-refractivity contribution in [3.63, 3.8) is 0 Å². The summed E-state index contributed by atoms with van der Waals surface area (Å²) in [6.07, 6.45) is 2.07. The van der Waals surface area contributed by atoms with Gasteiger partial charge in [-0.3, -0.25) is 18.7 Å². The van der Waals surface area contributed by atoms with Crippen LogP contribution in [0.5, 0.6) is 0 Å². The van der Waals surface area contributed by atoms with Crippen LogP contribution in [0.3, 0.4) is 0 Å². The van der Waals surface area contributed by atoms with Crippen molar-refractivity contribution >= 4 is 26.2 Å². The third kappa shape index (κ3) is 9.21. The first-order valence-corrected chi connectivity index (χ1v) is 8.95. The summed E-state index contributed by atoms with van der Waals surface area (Å²) in [5.74, 6) is 0. The minimum Gasteiger partial charge on any atom is -0.319 e. The van der Waals surface area contributed by atoms with Crippen LogP contribution in [0.4, 0.5) is 0 Å². The van der Waals surface area contributed by atoms with E-state index in [1.165, 1.54) is 0 Å². The standard InChI is InChI=1S/C9H18O8P2/c10-8(18(12,13)14)6-4-2-1-3-5-7-9(11)19(15,16)17/h1-7H2,(H2,12,13,14)(H2,15,16,17). The second-order valence-electron chi connectivity index (χ2n) is 4.14. The molecule has 0 aliphatic carbocycles. The number of unbranched alkanes of at least 4 members (excludes halogenated alkanes) is 4. The smallest absolute Gasteiger partial charge is 0.319 e. The van der Waals surface area contributed by atoms with Crippen LogP contribution in [0.25, 0.3) is 0 Å². The van der Waals surface area contributed by atoms with Crippen LogP contribution in [0, 0.1) is 0 Å². The zero-order valence-electron chi connectivity index (χ0n) is 10.3. The van der Waals surface area contributed by atoms with Crippen molar-refractivity contribution in [1.82, 2.24) is 0 Å². The van der Waals surface area contributed by atoms with Gasteiger partial charge in [-0.25, -0.2) is 0 Å². The van der Waals surface area contributed by atoms with E-state index >= 15 is 0 Å². The molecule has 0 aliphatic rings. The van der Waals surface area contributed by atoms with Gasteiger partial charge in [0.25, 0.3) is 0 Å². The summed E-state index contributed by atoms with van der Waals surface area (Å²) in [6, 6.07) is 0. The van der Waals surface area contributed by atoms with E-state index in [1.807, 2.05) is 0 Å². The molecule has 8 nitrogen and oxygen atoms in total. The maximum Gasteiger partial charge on any atom is 0.391 e. The Morgan fingerprint density at radius 3 is 1.16 bits per heavy atom. The molecule has 0 saturated carbocycles. The molecule has 0 radical (unpaired) electrons. The van der Waals surface area contributed by atoms with Crippen LogP contribution in [0.2, 0.25) is 0 Å². The van der Waals surface area contributed by atoms with Crippen molar-refractivity contribution in [3.8, 4) is 0 Å². The molecule has 0 atom stereocenters. The highest BCUT2D eigenvalue weighted by Crippen LogP contribution is 2.38. The highest BCUT2D eigenvalue weighted by atomic mass is 31.2. The van der Waals surface area contributed by atoms with Gasteiger partial charge in [0.15, 0.2) is 0 Å². The van der Waals surface area contributed by atoms with E-state index in [4.69, 9.17) is 19.6 Å². The van der Waals surface area contributed by atoms with Gasteiger partial charge in [-0.15, -0.1) is 0 Å². The second-order valence-corrected chi connectivity index (χ2v) is 7.32. The molecule has 0 rings (SSSR count). The van der Waals surface area contributed by atoms with Crippen molar-refractivity contribution in [2.24, 2.45) is 0 Å². The fraction of sp³-hybridized carbons (Fsp3) is 0.778. The highest BCUT2D eigenvalue weighted by Gasteiger charge is 2.25. The second kappa shape index (κ2) is 8.04. The van der Waals surface area contributed by atoms with Crippen molar-refractivity contribution in [1.29, 1.82) is 0 Å². The van der Waals surface area contributed by atoms with Gasteiger partial charge in [0.1, 0.15) is 0 Å². The van der Waals surface area contributed by atoms with E-state index < -0.39 is 26.2 Å². The molecule has 112 valence electrons. The van der Waals surface area contributed by atoms with E-state index in [-0.39, 0.29) is 12.8 Å². The SMILES string of the molecule is O=C(CCCCCCCC(=O)P(=O)(O)O)P(=O)(O)O. The predicted molar refractivity (Wildman–Crippen MR) is 66.4 cm³/mol. The Labute approximate surface area is 110 Å². The largest absolute Gasteiger partial charge is 0.391 e. The fourth-order valence-corrected chi connectivity index (χ4v) is 2.27. The molecule has 0 unspecified atom stereocenters. The number of hydrogen-bond donors (Lipinski definition) is 4. The van der Waals surface area contributed by atoms with E-state index in [2.05, 4.69) is 0 Å². The van der Waals surface area contributed by atoms with E-state index in [0.717, 1.165) is 0 Å². The molecule has 0 heterocycles. The molecule has 0 aromatic rings. The minimum atomic E-state index is -4.62. The van der Waals surface area contributed by atoms with Gasteiger partial charge < -0.3 is 19.6 Å². The maximum atomic E-state index is 10.9. The fourth-order valence-electron chi connectivity index (χ4n) is 1.37. The highest BCUT2D eigenvalue weighted by molar-refractivity contribution is 7.70. The molecule has 4 N–H and O–H groups in total. The first kappa shape index (κ1) is 18.6. The van der Waals surface area contributed by atoms with Crippen molar-refractivity contribution in [2.45, 2.75) is 44.9 Å². The van der Waals surface area contributed by atoms with Crippen molar-refractivity contribution in [2.75, 3.05) is 0 Å². The Bertz CT molecular complexity index is 368. The molecule has 19 heavy (non-hydrogen) atoms. The molecule has 0 amide bonds. The molecule has 0 bridgehead atoms. The van der Waals surface area contributed by atoms with Gasteiger partial charge in [0, 0.05) is 12.8 Å². The summed E-state index contributed by atoms with van der Waals surface area (Å²) < 4.78 is 21.0. The normalized spacial score (nSPS) is 12.4. The zero-order chi connectivity index (χ0) is 15.1. The zero-order valence-corrected chi connectivity index (χ0v) is 12.1. The molecule has 0 saturated heterocycles. The molecule has 0 aromatic heterocycles. The lowest BCUT2D eigenvalue weighted by Gasteiger charge is -2.04. The first-order valence-electron chi connectivity index (χ1n) is 5.73. The van der Waals surface area contributed by atoms with Crippen LogP contribution in [0.15, 0.2) is 0 Å². The molecular formula is C9H18O8P2. The third-order valence-corrected chi connectivity index (χ3v) is 4.18. The summed E-state index contributed by atoms with van der Waals surface area (Å²) in [5.41, 5.74) is -2.16. The van der Waals surface area contributed by atoms with Crippen LogP contribution < -0.4 is 0 Å². The van der Waals surface area contributed by atoms with Gasteiger partial charge in [-0.05, 0) is 12.8 Å². The Morgan fingerprint density at radius 1 is 0.632 bits per heavy atom. The summed E-state index contributed by atoms with van der Waals surface area (Å²) in [6.45, 7) is 0. The monoisotopic (exact) mass is 316 g/mol. The van der Waals surface area contributed by atoms with Crippen LogP contribution in [-0.2, 0) is 18.7 Å². The number of carbonyl (C=O) groups is 2. The maximum absolute atomic E-state index is 10.9. The van der Waals surface area contributed by atoms with Gasteiger partial charge in [-0.2, -0.15) is 0 Å². The summed E-state index contributed by atoms with van der Waals surface area (Å²) >= 11 is 0. The topological polar surface area (TPSA) is 149 Å². The van der Waals surface area contributed by atoms with Gasteiger partial charge >= 0.3 is 15.2 Å². The summed E-state index contributed by atoms with van der Waals surface area (Å²) in [4.78, 5) is 55.8. The minimum absolute atomic E-state index is 0.189.